The van der Waals surface area contributed by atoms with Gasteiger partial charge >= 0.3 is 0 Å². The molecule has 22 heavy (non-hydrogen) atoms. The maximum absolute atomic E-state index is 12.4. The second-order valence-corrected chi connectivity index (χ2v) is 6.28. The average molecular weight is 362 g/mol. The van der Waals surface area contributed by atoms with Gasteiger partial charge in [-0.15, -0.1) is 0 Å². The molecule has 0 heterocycles. The summed E-state index contributed by atoms with van der Waals surface area (Å²) < 4.78 is 6.55. The molecule has 1 amide bonds. The molecule has 0 radical (unpaired) electrons. The first kappa shape index (κ1) is 16.6. The molecule has 0 aliphatic heterocycles. The van der Waals surface area contributed by atoms with Gasteiger partial charge in [0.2, 0.25) is 0 Å². The van der Waals surface area contributed by atoms with Crippen molar-refractivity contribution in [3.8, 4) is 5.75 Å². The standard InChI is InChI=1S/C18H20BrNO2/c1-12(2)14-8-4-6-10-16(14)20-18(21)13(3)22-17-11-7-5-9-15(17)19/h4-13H,1-3H3,(H,20,21). The van der Waals surface area contributed by atoms with Crippen molar-refractivity contribution in [2.75, 3.05) is 5.32 Å². The summed E-state index contributed by atoms with van der Waals surface area (Å²) in [6.45, 7) is 5.95. The lowest BCUT2D eigenvalue weighted by Crippen LogP contribution is -2.30. The predicted molar refractivity (Wildman–Crippen MR) is 93.4 cm³/mol. The first-order valence-electron chi connectivity index (χ1n) is 7.30. The number of hydrogen-bond acceptors (Lipinski definition) is 2. The van der Waals surface area contributed by atoms with E-state index in [2.05, 4.69) is 35.1 Å². The van der Waals surface area contributed by atoms with Crippen molar-refractivity contribution in [2.45, 2.75) is 32.8 Å². The molecule has 3 nitrogen and oxygen atoms in total. The Kier molecular flexibility index (Phi) is 5.61. The Labute approximate surface area is 139 Å². The van der Waals surface area contributed by atoms with E-state index in [4.69, 9.17) is 4.74 Å². The Bertz CT molecular complexity index is 655. The van der Waals surface area contributed by atoms with Crippen LogP contribution in [-0.2, 0) is 4.79 Å². The molecule has 0 saturated carbocycles. The van der Waals surface area contributed by atoms with Gasteiger partial charge in [0.15, 0.2) is 6.10 Å². The molecule has 0 saturated heterocycles. The lowest BCUT2D eigenvalue weighted by Gasteiger charge is -2.18. The minimum absolute atomic E-state index is 0.163. The first-order chi connectivity index (χ1) is 10.5. The smallest absolute Gasteiger partial charge is 0.265 e. The summed E-state index contributed by atoms with van der Waals surface area (Å²) in [5.74, 6) is 0.835. The fourth-order valence-corrected chi connectivity index (χ4v) is 2.51. The summed E-state index contributed by atoms with van der Waals surface area (Å²) in [5.41, 5.74) is 1.95. The van der Waals surface area contributed by atoms with Gasteiger partial charge in [0.05, 0.1) is 4.47 Å². The number of amides is 1. The molecule has 2 rings (SSSR count). The molecule has 0 fully saturated rings. The van der Waals surface area contributed by atoms with Crippen LogP contribution in [0.3, 0.4) is 0 Å². The minimum atomic E-state index is -0.584. The van der Waals surface area contributed by atoms with E-state index in [1.165, 1.54) is 0 Å². The van der Waals surface area contributed by atoms with E-state index < -0.39 is 6.10 Å². The lowest BCUT2D eigenvalue weighted by atomic mass is 10.0. The van der Waals surface area contributed by atoms with Gasteiger partial charge in [0, 0.05) is 5.69 Å². The SMILES string of the molecule is CC(Oc1ccccc1Br)C(=O)Nc1ccccc1C(C)C. The highest BCUT2D eigenvalue weighted by molar-refractivity contribution is 9.10. The van der Waals surface area contributed by atoms with Gasteiger partial charge in [-0.05, 0) is 52.5 Å². The molecule has 0 bridgehead atoms. The van der Waals surface area contributed by atoms with Crippen molar-refractivity contribution in [1.82, 2.24) is 0 Å². The molecule has 1 unspecified atom stereocenters. The average Bonchev–Trinajstić information content (AvgIpc) is 2.49. The molecule has 116 valence electrons. The highest BCUT2D eigenvalue weighted by atomic mass is 79.9. The van der Waals surface area contributed by atoms with Gasteiger partial charge in [0.25, 0.3) is 5.91 Å². The van der Waals surface area contributed by atoms with Crippen molar-refractivity contribution in [3.05, 3.63) is 58.6 Å². The molecule has 4 heteroatoms. The third kappa shape index (κ3) is 4.10. The van der Waals surface area contributed by atoms with Crippen LogP contribution in [0.5, 0.6) is 5.75 Å². The highest BCUT2D eigenvalue weighted by Crippen LogP contribution is 2.26. The van der Waals surface area contributed by atoms with Gasteiger partial charge in [-0.25, -0.2) is 0 Å². The number of nitrogens with one attached hydrogen (secondary N) is 1. The van der Waals surface area contributed by atoms with Crippen molar-refractivity contribution in [1.29, 1.82) is 0 Å². The van der Waals surface area contributed by atoms with E-state index in [0.29, 0.717) is 11.7 Å². The molecule has 0 spiro atoms. The van der Waals surface area contributed by atoms with Crippen LogP contribution in [0.25, 0.3) is 0 Å². The Hall–Kier alpha value is -1.81. The van der Waals surface area contributed by atoms with E-state index in [-0.39, 0.29) is 5.91 Å². The van der Waals surface area contributed by atoms with Crippen molar-refractivity contribution < 1.29 is 9.53 Å². The number of carbonyl (C=O) groups is 1. The minimum Gasteiger partial charge on any atom is -0.480 e. The van der Waals surface area contributed by atoms with Crippen LogP contribution in [0, 0.1) is 0 Å². The summed E-state index contributed by atoms with van der Waals surface area (Å²) in [6.07, 6.45) is -0.584. The number of ether oxygens (including phenoxy) is 1. The number of rotatable bonds is 5. The third-order valence-electron chi connectivity index (χ3n) is 3.35. The summed E-state index contributed by atoms with van der Waals surface area (Å²) >= 11 is 3.41. The fraction of sp³-hybridized carbons (Fsp3) is 0.278. The second-order valence-electron chi connectivity index (χ2n) is 5.42. The quantitative estimate of drug-likeness (QED) is 0.815. The number of para-hydroxylation sites is 2. The molecular formula is C18H20BrNO2. The van der Waals surface area contributed by atoms with E-state index in [0.717, 1.165) is 15.7 Å². The Balaban J connectivity index is 2.08. The normalized spacial score (nSPS) is 12.0. The van der Waals surface area contributed by atoms with Crippen LogP contribution in [0.15, 0.2) is 53.0 Å². The summed E-state index contributed by atoms with van der Waals surface area (Å²) in [7, 11) is 0. The topological polar surface area (TPSA) is 38.3 Å². The lowest BCUT2D eigenvalue weighted by molar-refractivity contribution is -0.122. The number of hydrogen-bond donors (Lipinski definition) is 1. The van der Waals surface area contributed by atoms with Crippen LogP contribution in [-0.4, -0.2) is 12.0 Å². The zero-order valence-electron chi connectivity index (χ0n) is 13.0. The van der Waals surface area contributed by atoms with Crippen LogP contribution in [0.1, 0.15) is 32.3 Å². The van der Waals surface area contributed by atoms with Gasteiger partial charge in [0.1, 0.15) is 5.75 Å². The van der Waals surface area contributed by atoms with Crippen molar-refractivity contribution >= 4 is 27.5 Å². The van der Waals surface area contributed by atoms with Crippen LogP contribution < -0.4 is 10.1 Å². The largest absolute Gasteiger partial charge is 0.480 e. The molecule has 1 N–H and O–H groups in total. The van der Waals surface area contributed by atoms with E-state index in [9.17, 15) is 4.79 Å². The molecule has 0 aliphatic carbocycles. The zero-order chi connectivity index (χ0) is 16.1. The van der Waals surface area contributed by atoms with E-state index in [1.54, 1.807) is 6.92 Å². The Morgan fingerprint density at radius 2 is 1.68 bits per heavy atom. The Morgan fingerprint density at radius 1 is 1.05 bits per heavy atom. The first-order valence-corrected chi connectivity index (χ1v) is 8.09. The number of anilines is 1. The van der Waals surface area contributed by atoms with E-state index >= 15 is 0 Å². The van der Waals surface area contributed by atoms with Gasteiger partial charge in [-0.1, -0.05) is 44.2 Å². The van der Waals surface area contributed by atoms with Gasteiger partial charge < -0.3 is 10.1 Å². The molecule has 0 aliphatic rings. The third-order valence-corrected chi connectivity index (χ3v) is 4.01. The summed E-state index contributed by atoms with van der Waals surface area (Å²) in [5, 5.41) is 2.95. The monoisotopic (exact) mass is 361 g/mol. The molecular weight excluding hydrogens is 342 g/mol. The Morgan fingerprint density at radius 3 is 2.36 bits per heavy atom. The maximum atomic E-state index is 12.4. The molecule has 0 aromatic heterocycles. The van der Waals surface area contributed by atoms with Gasteiger partial charge in [-0.2, -0.15) is 0 Å². The van der Waals surface area contributed by atoms with E-state index in [1.807, 2.05) is 48.5 Å². The van der Waals surface area contributed by atoms with Crippen molar-refractivity contribution in [3.63, 3.8) is 0 Å². The molecule has 2 aromatic rings. The predicted octanol–water partition coefficient (Wildman–Crippen LogP) is 4.98. The van der Waals surface area contributed by atoms with Crippen molar-refractivity contribution in [2.24, 2.45) is 0 Å². The summed E-state index contributed by atoms with van der Waals surface area (Å²) in [6, 6.07) is 15.3. The molecule has 1 atom stereocenters. The van der Waals surface area contributed by atoms with Crippen LogP contribution >= 0.6 is 15.9 Å². The number of halogens is 1. The molecule has 2 aromatic carbocycles. The van der Waals surface area contributed by atoms with Crippen LogP contribution in [0.2, 0.25) is 0 Å². The summed E-state index contributed by atoms with van der Waals surface area (Å²) in [4.78, 5) is 12.4. The highest BCUT2D eigenvalue weighted by Gasteiger charge is 2.17. The maximum Gasteiger partial charge on any atom is 0.265 e. The number of benzene rings is 2. The van der Waals surface area contributed by atoms with Crippen LogP contribution in [0.4, 0.5) is 5.69 Å². The second kappa shape index (κ2) is 7.45. The fourth-order valence-electron chi connectivity index (χ4n) is 2.13. The zero-order valence-corrected chi connectivity index (χ0v) is 14.6. The number of carbonyl (C=O) groups excluding carboxylic acids is 1. The van der Waals surface area contributed by atoms with Gasteiger partial charge in [-0.3, -0.25) is 4.79 Å².